The van der Waals surface area contributed by atoms with Gasteiger partial charge in [0.25, 0.3) is 0 Å². The van der Waals surface area contributed by atoms with Gasteiger partial charge in [0.2, 0.25) is 11.8 Å². The molecule has 1 aliphatic heterocycles. The molecule has 1 aliphatic rings. The molecule has 0 aromatic rings. The van der Waals surface area contributed by atoms with Gasteiger partial charge in [-0.3, -0.25) is 9.59 Å². The van der Waals surface area contributed by atoms with Gasteiger partial charge in [-0.2, -0.15) is 0 Å². The molecule has 0 spiro atoms. The number of nitrogens with two attached hydrogens (primary N) is 1. The molecule has 6 nitrogen and oxygen atoms in total. The number of unbranched alkanes of at least 4 members (excludes halogenated alkanes) is 1. The number of hydrogen-bond acceptors (Lipinski definition) is 3. The maximum Gasteiger partial charge on any atom is 0.326 e. The van der Waals surface area contributed by atoms with Crippen LogP contribution in [0.4, 0.5) is 0 Å². The lowest BCUT2D eigenvalue weighted by Crippen LogP contribution is -2.42. The molecule has 3 N–H and O–H groups in total. The van der Waals surface area contributed by atoms with E-state index in [0.29, 0.717) is 6.42 Å². The van der Waals surface area contributed by atoms with Gasteiger partial charge in [0.1, 0.15) is 6.04 Å². The third kappa shape index (κ3) is 3.18. The summed E-state index contributed by atoms with van der Waals surface area (Å²) in [6.07, 6.45) is 2.06. The van der Waals surface area contributed by atoms with Crippen LogP contribution in [-0.2, 0) is 14.4 Å². The van der Waals surface area contributed by atoms with E-state index in [1.807, 2.05) is 6.92 Å². The van der Waals surface area contributed by atoms with Crippen molar-refractivity contribution < 1.29 is 19.5 Å². The zero-order valence-electron chi connectivity index (χ0n) is 9.89. The highest BCUT2D eigenvalue weighted by molar-refractivity contribution is 5.91. The van der Waals surface area contributed by atoms with E-state index in [9.17, 15) is 14.4 Å². The molecule has 2 unspecified atom stereocenters. The molecular weight excluding hydrogens is 224 g/mol. The lowest BCUT2D eigenvalue weighted by Gasteiger charge is -2.24. The maximum atomic E-state index is 11.7. The highest BCUT2D eigenvalue weighted by Gasteiger charge is 2.39. The SMILES string of the molecule is CCCCC(C(=O)O)N1CC(C(N)=O)CC1=O. The van der Waals surface area contributed by atoms with Crippen LogP contribution in [0.25, 0.3) is 0 Å². The van der Waals surface area contributed by atoms with Gasteiger partial charge in [-0.05, 0) is 6.42 Å². The molecule has 1 fully saturated rings. The number of rotatable bonds is 6. The van der Waals surface area contributed by atoms with Crippen LogP contribution in [0.15, 0.2) is 0 Å². The number of primary amides is 1. The van der Waals surface area contributed by atoms with Crippen LogP contribution in [0.5, 0.6) is 0 Å². The summed E-state index contributed by atoms with van der Waals surface area (Å²) in [5.74, 6) is -2.40. The van der Waals surface area contributed by atoms with Gasteiger partial charge in [-0.25, -0.2) is 4.79 Å². The zero-order valence-corrected chi connectivity index (χ0v) is 9.89. The van der Waals surface area contributed by atoms with Crippen molar-refractivity contribution in [1.29, 1.82) is 0 Å². The molecule has 2 atom stereocenters. The summed E-state index contributed by atoms with van der Waals surface area (Å²) in [5.41, 5.74) is 5.13. The Kier molecular flexibility index (Phi) is 4.48. The summed E-state index contributed by atoms with van der Waals surface area (Å²) in [6, 6.07) is -0.827. The first-order valence-electron chi connectivity index (χ1n) is 5.79. The Morgan fingerprint density at radius 2 is 2.24 bits per heavy atom. The van der Waals surface area contributed by atoms with Crippen molar-refractivity contribution in [2.75, 3.05) is 6.54 Å². The fourth-order valence-corrected chi connectivity index (χ4v) is 2.03. The smallest absolute Gasteiger partial charge is 0.326 e. The van der Waals surface area contributed by atoms with Crippen LogP contribution < -0.4 is 5.73 Å². The van der Waals surface area contributed by atoms with E-state index < -0.39 is 23.8 Å². The van der Waals surface area contributed by atoms with Crippen LogP contribution >= 0.6 is 0 Å². The second-order valence-electron chi connectivity index (χ2n) is 4.35. The number of nitrogens with zero attached hydrogens (tertiary/aromatic N) is 1. The topological polar surface area (TPSA) is 101 Å². The third-order valence-electron chi connectivity index (χ3n) is 3.05. The quantitative estimate of drug-likeness (QED) is 0.682. The van der Waals surface area contributed by atoms with E-state index in [1.165, 1.54) is 4.90 Å². The van der Waals surface area contributed by atoms with Crippen LogP contribution in [0.3, 0.4) is 0 Å². The lowest BCUT2D eigenvalue weighted by atomic mass is 10.1. The van der Waals surface area contributed by atoms with Gasteiger partial charge in [0.05, 0.1) is 5.92 Å². The molecule has 0 saturated carbocycles. The van der Waals surface area contributed by atoms with Crippen molar-refractivity contribution in [3.05, 3.63) is 0 Å². The molecule has 0 aromatic heterocycles. The van der Waals surface area contributed by atoms with Crippen LogP contribution in [0.2, 0.25) is 0 Å². The first-order chi connectivity index (χ1) is 7.97. The molecule has 1 saturated heterocycles. The summed E-state index contributed by atoms with van der Waals surface area (Å²) in [6.45, 7) is 2.09. The van der Waals surface area contributed by atoms with Gasteiger partial charge < -0.3 is 15.7 Å². The molecule has 0 aromatic carbocycles. The first kappa shape index (κ1) is 13.5. The Labute approximate surface area is 99.8 Å². The van der Waals surface area contributed by atoms with E-state index in [1.54, 1.807) is 0 Å². The Hall–Kier alpha value is -1.59. The number of aliphatic carboxylic acids is 1. The minimum Gasteiger partial charge on any atom is -0.480 e. The zero-order chi connectivity index (χ0) is 13.0. The summed E-state index contributed by atoms with van der Waals surface area (Å²) in [7, 11) is 0. The van der Waals surface area contributed by atoms with E-state index >= 15 is 0 Å². The fraction of sp³-hybridized carbons (Fsp3) is 0.727. The van der Waals surface area contributed by atoms with E-state index in [0.717, 1.165) is 12.8 Å². The Morgan fingerprint density at radius 1 is 1.59 bits per heavy atom. The molecule has 0 bridgehead atoms. The second kappa shape index (κ2) is 5.65. The molecule has 1 rings (SSSR count). The average molecular weight is 242 g/mol. The minimum atomic E-state index is -1.02. The molecule has 0 radical (unpaired) electrons. The molecule has 96 valence electrons. The monoisotopic (exact) mass is 242 g/mol. The normalized spacial score (nSPS) is 21.6. The van der Waals surface area contributed by atoms with Crippen molar-refractivity contribution in [3.63, 3.8) is 0 Å². The number of carbonyl (C=O) groups is 3. The Balaban J connectivity index is 2.71. The first-order valence-corrected chi connectivity index (χ1v) is 5.79. The predicted octanol–water partition coefficient (Wildman–Crippen LogP) is -0.0364. The van der Waals surface area contributed by atoms with E-state index in [-0.39, 0.29) is 18.9 Å². The van der Waals surface area contributed by atoms with Crippen molar-refractivity contribution in [1.82, 2.24) is 4.90 Å². The van der Waals surface area contributed by atoms with E-state index in [2.05, 4.69) is 0 Å². The second-order valence-corrected chi connectivity index (χ2v) is 4.35. The Bertz CT molecular complexity index is 329. The molecular formula is C11H18N2O4. The van der Waals surface area contributed by atoms with Gasteiger partial charge in [-0.1, -0.05) is 19.8 Å². The van der Waals surface area contributed by atoms with Crippen LogP contribution in [-0.4, -0.2) is 40.4 Å². The van der Waals surface area contributed by atoms with Gasteiger partial charge in [0.15, 0.2) is 0 Å². The van der Waals surface area contributed by atoms with Gasteiger partial charge in [0, 0.05) is 13.0 Å². The summed E-state index contributed by atoms with van der Waals surface area (Å²) < 4.78 is 0. The van der Waals surface area contributed by atoms with E-state index in [4.69, 9.17) is 10.8 Å². The number of carbonyl (C=O) groups excluding carboxylic acids is 2. The maximum absolute atomic E-state index is 11.7. The van der Waals surface area contributed by atoms with Crippen LogP contribution in [0.1, 0.15) is 32.6 Å². The molecule has 17 heavy (non-hydrogen) atoms. The molecule has 1 heterocycles. The molecule has 2 amide bonds. The highest BCUT2D eigenvalue weighted by Crippen LogP contribution is 2.22. The molecule has 0 aliphatic carbocycles. The van der Waals surface area contributed by atoms with Gasteiger partial charge in [-0.15, -0.1) is 0 Å². The van der Waals surface area contributed by atoms with Crippen molar-refractivity contribution in [2.24, 2.45) is 11.7 Å². The number of carboxylic acids is 1. The number of hydrogen-bond donors (Lipinski definition) is 2. The summed E-state index contributed by atoms with van der Waals surface area (Å²) in [4.78, 5) is 35.0. The highest BCUT2D eigenvalue weighted by atomic mass is 16.4. The van der Waals surface area contributed by atoms with Crippen molar-refractivity contribution in [2.45, 2.75) is 38.6 Å². The number of amides is 2. The summed E-state index contributed by atoms with van der Waals surface area (Å²) >= 11 is 0. The van der Waals surface area contributed by atoms with Gasteiger partial charge >= 0.3 is 5.97 Å². The minimum absolute atomic E-state index is 0.0330. The lowest BCUT2D eigenvalue weighted by molar-refractivity contribution is -0.148. The average Bonchev–Trinajstić information content (AvgIpc) is 2.61. The summed E-state index contributed by atoms with van der Waals surface area (Å²) in [5, 5.41) is 9.09. The Morgan fingerprint density at radius 3 is 2.65 bits per heavy atom. The fourth-order valence-electron chi connectivity index (χ4n) is 2.03. The van der Waals surface area contributed by atoms with Crippen molar-refractivity contribution in [3.8, 4) is 0 Å². The van der Waals surface area contributed by atoms with Crippen LogP contribution in [0, 0.1) is 5.92 Å². The molecule has 6 heteroatoms. The number of likely N-dealkylation sites (tertiary alicyclic amines) is 1. The largest absolute Gasteiger partial charge is 0.480 e. The third-order valence-corrected chi connectivity index (χ3v) is 3.05. The predicted molar refractivity (Wildman–Crippen MR) is 60.0 cm³/mol. The number of carboxylic acid groups (broad SMARTS) is 1. The van der Waals surface area contributed by atoms with Crippen molar-refractivity contribution >= 4 is 17.8 Å². The standard InChI is InChI=1S/C11H18N2O4/c1-2-3-4-8(11(16)17)13-6-7(10(12)15)5-9(13)14/h7-8H,2-6H2,1H3,(H2,12,15)(H,16,17).